The molecule has 104 valence electrons. The molecular formula is C12H11N3O4S. The number of benzene rings is 1. The minimum atomic E-state index is -0.613. The van der Waals surface area contributed by atoms with Crippen molar-refractivity contribution >= 4 is 28.2 Å². The van der Waals surface area contributed by atoms with Crippen molar-refractivity contribution in [3.8, 4) is 0 Å². The highest BCUT2D eigenvalue weighted by Crippen LogP contribution is 2.17. The van der Waals surface area contributed by atoms with Crippen LogP contribution >= 0.6 is 11.3 Å². The molecule has 0 aliphatic carbocycles. The Kier molecular flexibility index (Phi) is 4.26. The van der Waals surface area contributed by atoms with Crippen LogP contribution < -0.4 is 5.32 Å². The number of thiazole rings is 1. The third-order valence-corrected chi connectivity index (χ3v) is 3.18. The van der Waals surface area contributed by atoms with Crippen molar-refractivity contribution in [2.24, 2.45) is 0 Å². The highest BCUT2D eigenvalue weighted by Gasteiger charge is 2.08. The lowest BCUT2D eigenvalue weighted by atomic mass is 10.2. The molecule has 0 bridgehead atoms. The fourth-order valence-corrected chi connectivity index (χ4v) is 2.05. The van der Waals surface area contributed by atoms with Crippen molar-refractivity contribution < 1.29 is 14.5 Å². The Morgan fingerprint density at radius 3 is 2.70 bits per heavy atom. The van der Waals surface area contributed by atoms with Crippen molar-refractivity contribution in [2.75, 3.05) is 5.32 Å². The first-order chi connectivity index (χ1) is 9.54. The minimum absolute atomic E-state index is 0.00328. The normalized spacial score (nSPS) is 10.1. The molecule has 1 amide bonds. The second-order valence-electron chi connectivity index (χ2n) is 3.90. The topological polar surface area (TPSA) is 94.4 Å². The van der Waals surface area contributed by atoms with E-state index in [0.29, 0.717) is 10.7 Å². The summed E-state index contributed by atoms with van der Waals surface area (Å²) >= 11 is 1.34. The smallest absolute Gasteiger partial charge is 0.413 e. The maximum absolute atomic E-state index is 11.5. The van der Waals surface area contributed by atoms with Gasteiger partial charge in [0.1, 0.15) is 6.61 Å². The average Bonchev–Trinajstić information content (AvgIpc) is 2.82. The van der Waals surface area contributed by atoms with Crippen LogP contribution in [0.4, 0.5) is 15.6 Å². The number of nitro benzene ring substituents is 1. The molecule has 0 unspecified atom stereocenters. The molecule has 0 aliphatic rings. The van der Waals surface area contributed by atoms with Gasteiger partial charge >= 0.3 is 6.09 Å². The summed E-state index contributed by atoms with van der Waals surface area (Å²) < 4.78 is 4.99. The number of nitrogens with one attached hydrogen (secondary N) is 1. The zero-order valence-corrected chi connectivity index (χ0v) is 11.3. The monoisotopic (exact) mass is 293 g/mol. The third kappa shape index (κ3) is 3.75. The van der Waals surface area contributed by atoms with E-state index in [0.717, 1.165) is 4.88 Å². The van der Waals surface area contributed by atoms with E-state index < -0.39 is 11.0 Å². The van der Waals surface area contributed by atoms with E-state index in [1.165, 1.54) is 23.5 Å². The lowest BCUT2D eigenvalue weighted by Crippen LogP contribution is -2.13. The zero-order chi connectivity index (χ0) is 14.5. The van der Waals surface area contributed by atoms with E-state index in [4.69, 9.17) is 4.74 Å². The first kappa shape index (κ1) is 13.9. The molecule has 1 heterocycles. The van der Waals surface area contributed by atoms with Crippen LogP contribution in [0.5, 0.6) is 0 Å². The van der Waals surface area contributed by atoms with Crippen molar-refractivity contribution in [3.05, 3.63) is 51.0 Å². The zero-order valence-electron chi connectivity index (χ0n) is 10.5. The summed E-state index contributed by atoms with van der Waals surface area (Å²) in [6, 6.07) is 5.81. The summed E-state index contributed by atoms with van der Waals surface area (Å²) in [5, 5.41) is 13.5. The molecule has 1 N–H and O–H groups in total. The van der Waals surface area contributed by atoms with Crippen LogP contribution in [0, 0.1) is 17.0 Å². The van der Waals surface area contributed by atoms with Gasteiger partial charge in [-0.3, -0.25) is 15.4 Å². The van der Waals surface area contributed by atoms with Gasteiger partial charge in [-0.1, -0.05) is 0 Å². The maximum Gasteiger partial charge on any atom is 0.413 e. The summed E-state index contributed by atoms with van der Waals surface area (Å²) in [4.78, 5) is 26.5. The molecule has 0 fully saturated rings. The maximum atomic E-state index is 11.5. The molecule has 8 heteroatoms. The highest BCUT2D eigenvalue weighted by atomic mass is 32.1. The van der Waals surface area contributed by atoms with E-state index in [1.54, 1.807) is 18.3 Å². The molecule has 0 saturated carbocycles. The number of nitro groups is 1. The molecule has 0 aliphatic heterocycles. The fraction of sp³-hybridized carbons (Fsp3) is 0.167. The standard InChI is InChI=1S/C12H11N3O4S/c1-8-6-13-11(20-8)14-12(16)19-7-9-2-4-10(5-3-9)15(17)18/h2-6H,7H2,1H3,(H,13,14,16). The van der Waals surface area contributed by atoms with Crippen LogP contribution in [-0.4, -0.2) is 16.0 Å². The molecule has 0 atom stereocenters. The van der Waals surface area contributed by atoms with E-state index >= 15 is 0 Å². The first-order valence-electron chi connectivity index (χ1n) is 5.64. The van der Waals surface area contributed by atoms with Crippen LogP contribution in [0.3, 0.4) is 0 Å². The van der Waals surface area contributed by atoms with Gasteiger partial charge in [-0.25, -0.2) is 9.78 Å². The third-order valence-electron chi connectivity index (χ3n) is 2.35. The summed E-state index contributed by atoms with van der Waals surface area (Å²) in [5.41, 5.74) is 0.664. The van der Waals surface area contributed by atoms with Gasteiger partial charge < -0.3 is 4.74 Å². The van der Waals surface area contributed by atoms with Crippen molar-refractivity contribution in [1.82, 2.24) is 4.98 Å². The molecule has 0 spiro atoms. The number of aromatic nitrogens is 1. The Morgan fingerprint density at radius 2 is 2.15 bits per heavy atom. The van der Waals surface area contributed by atoms with Gasteiger partial charge in [-0.2, -0.15) is 0 Å². The van der Waals surface area contributed by atoms with Gasteiger partial charge in [0.25, 0.3) is 5.69 Å². The van der Waals surface area contributed by atoms with Gasteiger partial charge in [-0.15, -0.1) is 11.3 Å². The highest BCUT2D eigenvalue weighted by molar-refractivity contribution is 7.15. The van der Waals surface area contributed by atoms with Crippen LogP contribution in [-0.2, 0) is 11.3 Å². The Balaban J connectivity index is 1.85. The molecular weight excluding hydrogens is 282 g/mol. The molecule has 0 radical (unpaired) electrons. The average molecular weight is 293 g/mol. The van der Waals surface area contributed by atoms with Crippen molar-refractivity contribution in [2.45, 2.75) is 13.5 Å². The second-order valence-corrected chi connectivity index (χ2v) is 5.14. The molecule has 7 nitrogen and oxygen atoms in total. The Hall–Kier alpha value is -2.48. The molecule has 1 aromatic carbocycles. The summed E-state index contributed by atoms with van der Waals surface area (Å²) in [5.74, 6) is 0. The number of hydrogen-bond acceptors (Lipinski definition) is 6. The van der Waals surface area contributed by atoms with Gasteiger partial charge in [0.15, 0.2) is 5.13 Å². The quantitative estimate of drug-likeness (QED) is 0.690. The molecule has 2 aromatic rings. The van der Waals surface area contributed by atoms with Gasteiger partial charge in [0.2, 0.25) is 0 Å². The van der Waals surface area contributed by atoms with Crippen molar-refractivity contribution in [1.29, 1.82) is 0 Å². The van der Waals surface area contributed by atoms with Crippen LogP contribution in [0.15, 0.2) is 30.5 Å². The minimum Gasteiger partial charge on any atom is -0.444 e. The number of carbonyl (C=O) groups is 1. The van der Waals surface area contributed by atoms with Crippen molar-refractivity contribution in [3.63, 3.8) is 0 Å². The number of nitrogens with zero attached hydrogens (tertiary/aromatic N) is 2. The number of non-ortho nitro benzene ring substituents is 1. The van der Waals surface area contributed by atoms with E-state index in [9.17, 15) is 14.9 Å². The van der Waals surface area contributed by atoms with Crippen LogP contribution in [0.25, 0.3) is 0 Å². The van der Waals surface area contributed by atoms with Gasteiger partial charge in [-0.05, 0) is 24.6 Å². The number of carbonyl (C=O) groups excluding carboxylic acids is 1. The Bertz CT molecular complexity index is 624. The van der Waals surface area contributed by atoms with E-state index in [1.807, 2.05) is 6.92 Å². The van der Waals surface area contributed by atoms with E-state index in [2.05, 4.69) is 10.3 Å². The Morgan fingerprint density at radius 1 is 1.45 bits per heavy atom. The van der Waals surface area contributed by atoms with Crippen LogP contribution in [0.1, 0.15) is 10.4 Å². The second kappa shape index (κ2) is 6.11. The first-order valence-corrected chi connectivity index (χ1v) is 6.46. The predicted molar refractivity (Wildman–Crippen MR) is 73.8 cm³/mol. The van der Waals surface area contributed by atoms with E-state index in [-0.39, 0.29) is 12.3 Å². The number of hydrogen-bond donors (Lipinski definition) is 1. The number of aryl methyl sites for hydroxylation is 1. The fourth-order valence-electron chi connectivity index (χ4n) is 1.40. The molecule has 2 rings (SSSR count). The number of anilines is 1. The summed E-state index contributed by atoms with van der Waals surface area (Å²) in [6.45, 7) is 1.92. The van der Waals surface area contributed by atoms with Crippen LogP contribution in [0.2, 0.25) is 0 Å². The summed E-state index contributed by atoms with van der Waals surface area (Å²) in [7, 11) is 0. The SMILES string of the molecule is Cc1cnc(NC(=O)OCc2ccc([N+](=O)[O-])cc2)s1. The predicted octanol–water partition coefficient (Wildman–Crippen LogP) is 3.11. The largest absolute Gasteiger partial charge is 0.444 e. The van der Waals surface area contributed by atoms with Gasteiger partial charge in [0, 0.05) is 23.2 Å². The number of ether oxygens (including phenoxy) is 1. The lowest BCUT2D eigenvalue weighted by molar-refractivity contribution is -0.384. The summed E-state index contributed by atoms with van der Waals surface area (Å²) in [6.07, 6.45) is 1.04. The lowest BCUT2D eigenvalue weighted by Gasteiger charge is -2.04. The molecule has 0 saturated heterocycles. The Labute approximate surface area is 118 Å². The number of rotatable bonds is 4. The number of amides is 1. The van der Waals surface area contributed by atoms with Gasteiger partial charge in [0.05, 0.1) is 4.92 Å². The molecule has 20 heavy (non-hydrogen) atoms. The molecule has 1 aromatic heterocycles.